The molecule has 6 aliphatic rings. The van der Waals surface area contributed by atoms with Gasteiger partial charge in [-0.2, -0.15) is 0 Å². The van der Waals surface area contributed by atoms with E-state index in [-0.39, 0.29) is 51.5 Å². The molecule has 9 heteroatoms. The normalized spacial score (nSPS) is 38.4. The van der Waals surface area contributed by atoms with Crippen LogP contribution in [0.15, 0.2) is 35.9 Å². The molecule has 318 valence electrons. The Hall–Kier alpha value is -1.84. The third kappa shape index (κ3) is 8.18. The third-order valence-corrected chi connectivity index (χ3v) is 16.6. The van der Waals surface area contributed by atoms with Crippen molar-refractivity contribution in [3.8, 4) is 11.5 Å². The highest BCUT2D eigenvalue weighted by atomic mass is 35.5. The molecule has 9 unspecified atom stereocenters. The molecule has 0 amide bonds. The molecule has 1 aromatic rings. The Morgan fingerprint density at radius 2 is 1.45 bits per heavy atom. The van der Waals surface area contributed by atoms with Gasteiger partial charge in [-0.05, 0) is 140 Å². The molecule has 4 saturated carbocycles. The monoisotopic (exact) mass is 802 g/mol. The predicted molar refractivity (Wildman–Crippen MR) is 226 cm³/mol. The van der Waals surface area contributed by atoms with Crippen molar-refractivity contribution in [2.45, 2.75) is 145 Å². The smallest absolute Gasteiger partial charge is 0.312 e. The van der Waals surface area contributed by atoms with Crippen LogP contribution in [0.2, 0.25) is 0 Å². The molecule has 0 aromatic heterocycles. The Bertz CT molecular complexity index is 1510. The SMILES string of the molecule is CC1(C)CCC2(C(=O)O)C(O)CC3(C)C(=CCC4C5(C)CCC(O)C(C)(C)C5CCC43C)C2C1.CCCCOc1ccc(OCCCN2CCOCC2)cc1.Cl. The number of aliphatic hydroxyl groups excluding tert-OH is 2. The lowest BCUT2D eigenvalue weighted by Gasteiger charge is -2.71. The van der Waals surface area contributed by atoms with Crippen LogP contribution < -0.4 is 9.47 Å². The van der Waals surface area contributed by atoms with Crippen molar-refractivity contribution in [3.05, 3.63) is 35.9 Å². The van der Waals surface area contributed by atoms with Crippen molar-refractivity contribution >= 4 is 18.4 Å². The number of aliphatic carboxylic acids is 1. The number of carboxylic acids is 1. The molecule has 5 fully saturated rings. The first-order valence-corrected chi connectivity index (χ1v) is 21.9. The molecule has 1 aromatic carbocycles. The molecular formula is C47H76ClNO7. The largest absolute Gasteiger partial charge is 0.494 e. The average Bonchev–Trinajstić information content (AvgIpc) is 3.13. The second-order valence-electron chi connectivity index (χ2n) is 20.5. The summed E-state index contributed by atoms with van der Waals surface area (Å²) in [5.74, 6) is 1.93. The van der Waals surface area contributed by atoms with Crippen LogP contribution in [0.5, 0.6) is 11.5 Å². The van der Waals surface area contributed by atoms with Gasteiger partial charge in [-0.3, -0.25) is 9.69 Å². The van der Waals surface area contributed by atoms with Gasteiger partial charge in [-0.15, -0.1) is 12.4 Å². The van der Waals surface area contributed by atoms with Gasteiger partial charge in [0.25, 0.3) is 0 Å². The minimum Gasteiger partial charge on any atom is -0.494 e. The number of carbonyl (C=O) groups is 1. The van der Waals surface area contributed by atoms with Gasteiger partial charge in [0.15, 0.2) is 0 Å². The van der Waals surface area contributed by atoms with Crippen molar-refractivity contribution in [2.75, 3.05) is 46.1 Å². The van der Waals surface area contributed by atoms with E-state index in [0.717, 1.165) is 122 Å². The van der Waals surface area contributed by atoms with E-state index in [0.29, 0.717) is 24.7 Å². The molecular weight excluding hydrogens is 726 g/mol. The van der Waals surface area contributed by atoms with E-state index in [4.69, 9.17) is 14.2 Å². The molecule has 9 atom stereocenters. The number of halogens is 1. The Balaban J connectivity index is 0.000000236. The van der Waals surface area contributed by atoms with E-state index in [1.807, 2.05) is 24.3 Å². The molecule has 1 heterocycles. The molecule has 0 bridgehead atoms. The zero-order valence-electron chi connectivity index (χ0n) is 36.0. The Kier molecular flexibility index (Phi) is 14.1. The van der Waals surface area contributed by atoms with Crippen molar-refractivity contribution in [1.82, 2.24) is 4.90 Å². The highest BCUT2D eigenvalue weighted by Gasteiger charge is 2.71. The maximum absolute atomic E-state index is 12.8. The molecule has 56 heavy (non-hydrogen) atoms. The van der Waals surface area contributed by atoms with E-state index < -0.39 is 17.5 Å². The second-order valence-corrected chi connectivity index (χ2v) is 20.5. The summed E-state index contributed by atoms with van der Waals surface area (Å²) in [5.41, 5.74) is 0.295. The number of fused-ring (bicyclic) bond motifs is 7. The summed E-state index contributed by atoms with van der Waals surface area (Å²) in [6.07, 6.45) is 12.7. The Labute approximate surface area is 344 Å². The topological polar surface area (TPSA) is 109 Å². The number of carboxylic acid groups (broad SMARTS) is 1. The number of unbranched alkanes of at least 4 members (excludes halogenated alkanes) is 1. The average molecular weight is 803 g/mol. The summed E-state index contributed by atoms with van der Waals surface area (Å²) in [4.78, 5) is 15.2. The van der Waals surface area contributed by atoms with Gasteiger partial charge in [0.1, 0.15) is 16.9 Å². The minimum atomic E-state index is -1.04. The van der Waals surface area contributed by atoms with Crippen LogP contribution in [0, 0.1) is 50.2 Å². The number of ether oxygens (including phenoxy) is 3. The number of nitrogens with zero attached hydrogens (tertiary/aromatic N) is 1. The highest BCUT2D eigenvalue weighted by molar-refractivity contribution is 5.85. The fraction of sp³-hybridized carbons (Fsp3) is 0.809. The van der Waals surface area contributed by atoms with Crippen molar-refractivity contribution in [2.24, 2.45) is 50.2 Å². The summed E-state index contributed by atoms with van der Waals surface area (Å²) < 4.78 is 16.7. The zero-order valence-corrected chi connectivity index (χ0v) is 36.9. The van der Waals surface area contributed by atoms with Gasteiger partial charge in [0.2, 0.25) is 0 Å². The van der Waals surface area contributed by atoms with Crippen molar-refractivity contribution < 1.29 is 34.3 Å². The number of aliphatic hydroxyl groups is 2. The number of rotatable bonds is 10. The van der Waals surface area contributed by atoms with E-state index in [1.54, 1.807) is 0 Å². The van der Waals surface area contributed by atoms with E-state index in [2.05, 4.69) is 66.4 Å². The first-order chi connectivity index (χ1) is 25.9. The zero-order chi connectivity index (χ0) is 39.9. The lowest BCUT2D eigenvalue weighted by molar-refractivity contribution is -0.218. The van der Waals surface area contributed by atoms with Gasteiger partial charge in [0.05, 0.1) is 38.6 Å². The molecule has 5 aliphatic carbocycles. The Morgan fingerprint density at radius 1 is 0.821 bits per heavy atom. The maximum atomic E-state index is 12.8. The summed E-state index contributed by atoms with van der Waals surface area (Å²) in [5, 5.41) is 33.1. The number of morpholine rings is 1. The van der Waals surface area contributed by atoms with Crippen LogP contribution in [0.3, 0.4) is 0 Å². The van der Waals surface area contributed by atoms with Crippen LogP contribution in [0.1, 0.15) is 132 Å². The van der Waals surface area contributed by atoms with E-state index >= 15 is 0 Å². The van der Waals surface area contributed by atoms with Crippen LogP contribution in [-0.4, -0.2) is 84.5 Å². The third-order valence-electron chi connectivity index (χ3n) is 16.6. The van der Waals surface area contributed by atoms with Crippen LogP contribution >= 0.6 is 12.4 Å². The van der Waals surface area contributed by atoms with Gasteiger partial charge in [-0.25, -0.2) is 0 Å². The number of allylic oxidation sites excluding steroid dienone is 2. The van der Waals surface area contributed by atoms with Crippen molar-refractivity contribution in [1.29, 1.82) is 0 Å². The second kappa shape index (κ2) is 17.4. The van der Waals surface area contributed by atoms with Gasteiger partial charge in [-0.1, -0.05) is 73.5 Å². The number of benzene rings is 1. The summed E-state index contributed by atoms with van der Waals surface area (Å²) in [6, 6.07) is 7.92. The fourth-order valence-corrected chi connectivity index (χ4v) is 13.0. The van der Waals surface area contributed by atoms with Crippen molar-refractivity contribution in [3.63, 3.8) is 0 Å². The maximum Gasteiger partial charge on any atom is 0.312 e. The molecule has 3 N–H and O–H groups in total. The van der Waals surface area contributed by atoms with Gasteiger partial charge < -0.3 is 29.5 Å². The highest BCUT2D eigenvalue weighted by Crippen LogP contribution is 2.75. The summed E-state index contributed by atoms with van der Waals surface area (Å²) in [6.45, 7) is 25.0. The molecule has 0 spiro atoms. The molecule has 1 aliphatic heterocycles. The van der Waals surface area contributed by atoms with Gasteiger partial charge in [0, 0.05) is 19.6 Å². The lowest BCUT2D eigenvalue weighted by atomic mass is 9.33. The molecule has 1 saturated heterocycles. The van der Waals surface area contributed by atoms with E-state index in [9.17, 15) is 20.1 Å². The van der Waals surface area contributed by atoms with Gasteiger partial charge >= 0.3 is 5.97 Å². The number of hydrogen-bond donors (Lipinski definition) is 3. The quantitative estimate of drug-likeness (QED) is 0.159. The fourth-order valence-electron chi connectivity index (χ4n) is 13.0. The van der Waals surface area contributed by atoms with Crippen LogP contribution in [0.4, 0.5) is 0 Å². The molecule has 8 nitrogen and oxygen atoms in total. The summed E-state index contributed by atoms with van der Waals surface area (Å²) >= 11 is 0. The lowest BCUT2D eigenvalue weighted by Crippen LogP contribution is -2.67. The molecule has 7 rings (SSSR count). The molecule has 0 radical (unpaired) electrons. The van der Waals surface area contributed by atoms with E-state index in [1.165, 1.54) is 5.57 Å². The predicted octanol–water partition coefficient (Wildman–Crippen LogP) is 9.59. The standard InChI is InChI=1S/C30H48O4.C17H27NO3.ClH/c1-25(2)14-15-30(24(33)34)19(16-25)18-8-9-21-27(5)12-11-22(31)26(3,4)20(27)10-13-28(21,6)29(18,7)17-23(30)32;1-2-3-12-20-16-5-7-17(8-6-16)21-13-4-9-18-10-14-19-15-11-18;/h8,19-23,31-32H,9-17H2,1-7H3,(H,33,34);5-8H,2-4,9-15H2,1H3;1H. The minimum absolute atomic E-state index is 0. The first-order valence-electron chi connectivity index (χ1n) is 21.9. The van der Waals surface area contributed by atoms with Crippen LogP contribution in [0.25, 0.3) is 0 Å². The Morgan fingerprint density at radius 3 is 2.05 bits per heavy atom. The number of hydrogen-bond acceptors (Lipinski definition) is 7. The first kappa shape index (κ1) is 45.2. The summed E-state index contributed by atoms with van der Waals surface area (Å²) in [7, 11) is 0. The van der Waals surface area contributed by atoms with Crippen LogP contribution in [-0.2, 0) is 9.53 Å².